The summed E-state index contributed by atoms with van der Waals surface area (Å²) in [4.78, 5) is 0. The van der Waals surface area contributed by atoms with Gasteiger partial charge in [-0.1, -0.05) is 13.8 Å². The lowest BCUT2D eigenvalue weighted by atomic mass is 9.91. The van der Waals surface area contributed by atoms with Crippen LogP contribution in [0.5, 0.6) is 0 Å². The van der Waals surface area contributed by atoms with Gasteiger partial charge in [0.05, 0.1) is 22.5 Å². The molecule has 0 aromatic carbocycles. The second kappa shape index (κ2) is 7.57. The van der Waals surface area contributed by atoms with E-state index in [4.69, 9.17) is 4.74 Å². The van der Waals surface area contributed by atoms with E-state index in [1.165, 1.54) is 16.6 Å². The van der Waals surface area contributed by atoms with Crippen LogP contribution in [0, 0.1) is 5.92 Å². The summed E-state index contributed by atoms with van der Waals surface area (Å²) in [5.41, 5.74) is 2.44. The van der Waals surface area contributed by atoms with Gasteiger partial charge in [-0.3, -0.25) is 4.68 Å². The normalized spacial score (nSPS) is 23.2. The van der Waals surface area contributed by atoms with Crippen molar-refractivity contribution in [2.75, 3.05) is 19.8 Å². The van der Waals surface area contributed by atoms with E-state index in [0.29, 0.717) is 12.0 Å². The smallest absolute Gasteiger partial charge is 0.0766 e. The fraction of sp³-hybridized carbons (Fsp3) is 0.800. The maximum absolute atomic E-state index is 5.69. The Morgan fingerprint density at radius 1 is 1.45 bits per heavy atom. The van der Waals surface area contributed by atoms with Crippen LogP contribution >= 0.6 is 15.9 Å². The SMILES string of the molecule is CCCNC1CCOCC1Cc1c(Br)c(CC)nn1C. The summed E-state index contributed by atoms with van der Waals surface area (Å²) < 4.78 is 8.90. The lowest BCUT2D eigenvalue weighted by Gasteiger charge is -2.32. The summed E-state index contributed by atoms with van der Waals surface area (Å²) in [6.45, 7) is 7.18. The molecule has 20 heavy (non-hydrogen) atoms. The van der Waals surface area contributed by atoms with Crippen LogP contribution in [0.2, 0.25) is 0 Å². The molecule has 4 nitrogen and oxygen atoms in total. The van der Waals surface area contributed by atoms with E-state index < -0.39 is 0 Å². The van der Waals surface area contributed by atoms with Crippen LogP contribution in [-0.4, -0.2) is 35.6 Å². The Balaban J connectivity index is 2.08. The van der Waals surface area contributed by atoms with E-state index >= 15 is 0 Å². The molecule has 0 bridgehead atoms. The van der Waals surface area contributed by atoms with Gasteiger partial charge in [-0.05, 0) is 48.2 Å². The third-order valence-electron chi connectivity index (χ3n) is 4.09. The van der Waals surface area contributed by atoms with Crippen LogP contribution < -0.4 is 5.32 Å². The van der Waals surface area contributed by atoms with E-state index in [-0.39, 0.29) is 0 Å². The highest BCUT2D eigenvalue weighted by Crippen LogP contribution is 2.27. The van der Waals surface area contributed by atoms with Gasteiger partial charge >= 0.3 is 0 Å². The summed E-state index contributed by atoms with van der Waals surface area (Å²) in [5, 5.41) is 8.27. The Morgan fingerprint density at radius 3 is 2.90 bits per heavy atom. The molecule has 1 N–H and O–H groups in total. The van der Waals surface area contributed by atoms with Crippen molar-refractivity contribution in [3.05, 3.63) is 15.9 Å². The maximum atomic E-state index is 5.69. The van der Waals surface area contributed by atoms with Gasteiger partial charge in [0, 0.05) is 25.6 Å². The molecule has 0 spiro atoms. The predicted octanol–water partition coefficient (Wildman–Crippen LogP) is 2.69. The fourth-order valence-corrected chi connectivity index (χ4v) is 3.66. The highest BCUT2D eigenvalue weighted by atomic mass is 79.9. The first kappa shape index (κ1) is 16.0. The van der Waals surface area contributed by atoms with Gasteiger partial charge in [0.15, 0.2) is 0 Å². The molecule has 5 heteroatoms. The first-order valence-corrected chi connectivity index (χ1v) is 8.48. The molecule has 1 saturated heterocycles. The van der Waals surface area contributed by atoms with E-state index in [9.17, 15) is 0 Å². The van der Waals surface area contributed by atoms with Gasteiger partial charge in [0.2, 0.25) is 0 Å². The van der Waals surface area contributed by atoms with E-state index in [1.807, 2.05) is 11.7 Å². The van der Waals surface area contributed by atoms with Crippen LogP contribution in [0.4, 0.5) is 0 Å². The number of aryl methyl sites for hydroxylation is 2. The molecule has 1 aromatic heterocycles. The van der Waals surface area contributed by atoms with Crippen LogP contribution in [-0.2, 0) is 24.6 Å². The molecule has 2 rings (SSSR count). The second-order valence-electron chi connectivity index (χ2n) is 5.57. The van der Waals surface area contributed by atoms with Crippen molar-refractivity contribution in [1.29, 1.82) is 0 Å². The Labute approximate surface area is 130 Å². The molecule has 1 aliphatic rings. The Kier molecular flexibility index (Phi) is 6.05. The third kappa shape index (κ3) is 3.62. The quantitative estimate of drug-likeness (QED) is 0.862. The summed E-state index contributed by atoms with van der Waals surface area (Å²) in [6.07, 6.45) is 4.28. The number of ether oxygens (including phenoxy) is 1. The molecule has 2 atom stereocenters. The maximum Gasteiger partial charge on any atom is 0.0766 e. The van der Waals surface area contributed by atoms with E-state index in [0.717, 1.165) is 44.7 Å². The van der Waals surface area contributed by atoms with Gasteiger partial charge in [0.1, 0.15) is 0 Å². The highest BCUT2D eigenvalue weighted by Gasteiger charge is 2.27. The van der Waals surface area contributed by atoms with Crippen molar-refractivity contribution in [2.45, 2.75) is 45.6 Å². The molecule has 0 aliphatic carbocycles. The molecule has 1 fully saturated rings. The predicted molar refractivity (Wildman–Crippen MR) is 85.0 cm³/mol. The summed E-state index contributed by atoms with van der Waals surface area (Å²) in [5.74, 6) is 0.534. The minimum absolute atomic E-state index is 0.534. The van der Waals surface area contributed by atoms with E-state index in [1.54, 1.807) is 0 Å². The lowest BCUT2D eigenvalue weighted by Crippen LogP contribution is -2.44. The number of rotatable bonds is 6. The molecular weight excluding hydrogens is 318 g/mol. The number of hydrogen-bond donors (Lipinski definition) is 1. The minimum atomic E-state index is 0.534. The minimum Gasteiger partial charge on any atom is -0.381 e. The number of nitrogens with one attached hydrogen (secondary N) is 1. The van der Waals surface area contributed by atoms with Gasteiger partial charge in [0.25, 0.3) is 0 Å². The number of nitrogens with zero attached hydrogens (tertiary/aromatic N) is 2. The average molecular weight is 344 g/mol. The molecule has 1 aromatic rings. The zero-order chi connectivity index (χ0) is 14.5. The summed E-state index contributed by atoms with van der Waals surface area (Å²) in [6, 6.07) is 0.565. The Bertz CT molecular complexity index is 433. The molecule has 0 saturated carbocycles. The topological polar surface area (TPSA) is 39.1 Å². The van der Waals surface area contributed by atoms with Crippen LogP contribution in [0.3, 0.4) is 0 Å². The zero-order valence-electron chi connectivity index (χ0n) is 12.8. The molecule has 1 aliphatic heterocycles. The van der Waals surface area contributed by atoms with Crippen LogP contribution in [0.25, 0.3) is 0 Å². The zero-order valence-corrected chi connectivity index (χ0v) is 14.4. The van der Waals surface area contributed by atoms with Gasteiger partial charge in [-0.25, -0.2) is 0 Å². The molecule has 0 radical (unpaired) electrons. The molecule has 2 heterocycles. The van der Waals surface area contributed by atoms with Crippen molar-refractivity contribution < 1.29 is 4.74 Å². The van der Waals surface area contributed by atoms with Gasteiger partial charge in [-0.2, -0.15) is 5.10 Å². The van der Waals surface area contributed by atoms with Crippen LogP contribution in [0.15, 0.2) is 4.47 Å². The number of hydrogen-bond acceptors (Lipinski definition) is 3. The summed E-state index contributed by atoms with van der Waals surface area (Å²) >= 11 is 3.72. The lowest BCUT2D eigenvalue weighted by molar-refractivity contribution is 0.0315. The van der Waals surface area contributed by atoms with E-state index in [2.05, 4.69) is 40.2 Å². The van der Waals surface area contributed by atoms with Crippen LogP contribution in [0.1, 0.15) is 38.1 Å². The van der Waals surface area contributed by atoms with Crippen molar-refractivity contribution in [3.8, 4) is 0 Å². The fourth-order valence-electron chi connectivity index (χ4n) is 2.89. The number of aromatic nitrogens is 2. The van der Waals surface area contributed by atoms with Gasteiger partial charge < -0.3 is 10.1 Å². The monoisotopic (exact) mass is 343 g/mol. The van der Waals surface area contributed by atoms with Crippen molar-refractivity contribution >= 4 is 15.9 Å². The molecule has 2 unspecified atom stereocenters. The first-order valence-electron chi connectivity index (χ1n) is 7.68. The average Bonchev–Trinajstić information content (AvgIpc) is 2.73. The molecule has 0 amide bonds. The largest absolute Gasteiger partial charge is 0.381 e. The third-order valence-corrected chi connectivity index (χ3v) is 5.00. The molecule has 114 valence electrons. The second-order valence-corrected chi connectivity index (χ2v) is 6.37. The van der Waals surface area contributed by atoms with Crippen molar-refractivity contribution in [2.24, 2.45) is 13.0 Å². The Hall–Kier alpha value is -0.390. The standard InChI is InChI=1S/C15H26BrN3O/c1-4-7-17-13-6-8-20-10-11(13)9-14-15(16)12(5-2)18-19(14)3/h11,13,17H,4-10H2,1-3H3. The Morgan fingerprint density at radius 2 is 2.25 bits per heavy atom. The highest BCUT2D eigenvalue weighted by molar-refractivity contribution is 9.10. The summed E-state index contributed by atoms with van der Waals surface area (Å²) in [7, 11) is 2.04. The van der Waals surface area contributed by atoms with Crippen molar-refractivity contribution in [3.63, 3.8) is 0 Å². The van der Waals surface area contributed by atoms with Gasteiger partial charge in [-0.15, -0.1) is 0 Å². The number of halogens is 1. The van der Waals surface area contributed by atoms with Crippen molar-refractivity contribution in [1.82, 2.24) is 15.1 Å². The first-order chi connectivity index (χ1) is 9.67. The molecular formula is C15H26BrN3O.